The first-order chi connectivity index (χ1) is 12.3. The number of benzene rings is 3. The Labute approximate surface area is 149 Å². The Bertz CT molecular complexity index is 999. The van der Waals surface area contributed by atoms with Gasteiger partial charge in [0, 0.05) is 40.9 Å². The number of aromatic nitrogens is 1. The molecule has 0 aliphatic carbocycles. The number of rotatable bonds is 5. The van der Waals surface area contributed by atoms with E-state index in [2.05, 4.69) is 96.5 Å². The van der Waals surface area contributed by atoms with Gasteiger partial charge in [0.1, 0.15) is 0 Å². The van der Waals surface area contributed by atoms with Gasteiger partial charge >= 0.3 is 0 Å². The summed E-state index contributed by atoms with van der Waals surface area (Å²) in [4.78, 5) is 0. The van der Waals surface area contributed by atoms with Crippen molar-refractivity contribution < 1.29 is 0 Å². The molecule has 25 heavy (non-hydrogen) atoms. The Kier molecular flexibility index (Phi) is 4.29. The monoisotopic (exact) mass is 328 g/mol. The van der Waals surface area contributed by atoms with E-state index in [1.54, 1.807) is 0 Å². The van der Waals surface area contributed by atoms with Crippen molar-refractivity contribution >= 4 is 21.8 Å². The summed E-state index contributed by atoms with van der Waals surface area (Å²) in [7, 11) is 0. The van der Waals surface area contributed by atoms with Crippen LogP contribution in [0.25, 0.3) is 21.8 Å². The van der Waals surface area contributed by atoms with Gasteiger partial charge in [-0.15, -0.1) is 0 Å². The number of nitrogens with one attached hydrogen (secondary N) is 1. The third-order valence-corrected chi connectivity index (χ3v) is 5.06. The maximum Gasteiger partial charge on any atom is 0.0491 e. The van der Waals surface area contributed by atoms with Gasteiger partial charge in [-0.3, -0.25) is 0 Å². The molecular formula is C23H24N2. The second kappa shape index (κ2) is 6.73. The Balaban J connectivity index is 1.64. The average Bonchev–Trinajstić information content (AvgIpc) is 3.00. The van der Waals surface area contributed by atoms with Crippen molar-refractivity contribution in [3.8, 4) is 0 Å². The van der Waals surface area contributed by atoms with Crippen molar-refractivity contribution in [3.05, 3.63) is 83.9 Å². The number of hydrogen-bond acceptors (Lipinski definition) is 1. The largest absolute Gasteiger partial charge is 0.341 e. The molecule has 1 heterocycles. The first-order valence-electron chi connectivity index (χ1n) is 9.06. The Hall–Kier alpha value is -2.58. The fourth-order valence-electron chi connectivity index (χ4n) is 3.68. The third-order valence-electron chi connectivity index (χ3n) is 5.06. The SMILES string of the molecule is CCn1c2ccccc2c2cc(CN[C@@H](C)c3ccccc3)ccc21. The summed E-state index contributed by atoms with van der Waals surface area (Å²) in [6, 6.07) is 26.5. The number of aryl methyl sites for hydroxylation is 1. The highest BCUT2D eigenvalue weighted by Gasteiger charge is 2.10. The molecule has 0 aliphatic heterocycles. The van der Waals surface area contributed by atoms with E-state index in [-0.39, 0.29) is 0 Å². The normalized spacial score (nSPS) is 12.7. The van der Waals surface area contributed by atoms with Gasteiger partial charge in [-0.25, -0.2) is 0 Å². The maximum atomic E-state index is 3.64. The van der Waals surface area contributed by atoms with Crippen molar-refractivity contribution in [1.29, 1.82) is 0 Å². The van der Waals surface area contributed by atoms with Crippen LogP contribution < -0.4 is 5.32 Å². The fraction of sp³-hybridized carbons (Fsp3) is 0.217. The van der Waals surface area contributed by atoms with E-state index >= 15 is 0 Å². The van der Waals surface area contributed by atoms with Crippen LogP contribution in [0.4, 0.5) is 0 Å². The molecule has 0 spiro atoms. The van der Waals surface area contributed by atoms with E-state index in [0.29, 0.717) is 6.04 Å². The second-order valence-corrected chi connectivity index (χ2v) is 6.63. The molecule has 3 aromatic carbocycles. The van der Waals surface area contributed by atoms with Crippen LogP contribution in [0, 0.1) is 0 Å². The number of fused-ring (bicyclic) bond motifs is 3. The summed E-state index contributed by atoms with van der Waals surface area (Å²) in [5, 5.41) is 6.34. The highest BCUT2D eigenvalue weighted by atomic mass is 15.0. The Morgan fingerprint density at radius 1 is 0.840 bits per heavy atom. The van der Waals surface area contributed by atoms with Crippen molar-refractivity contribution in [2.45, 2.75) is 33.0 Å². The van der Waals surface area contributed by atoms with Crippen LogP contribution in [0.5, 0.6) is 0 Å². The van der Waals surface area contributed by atoms with E-state index < -0.39 is 0 Å². The zero-order valence-corrected chi connectivity index (χ0v) is 14.9. The summed E-state index contributed by atoms with van der Waals surface area (Å²) in [5.74, 6) is 0. The highest BCUT2D eigenvalue weighted by molar-refractivity contribution is 6.08. The van der Waals surface area contributed by atoms with Crippen molar-refractivity contribution in [2.24, 2.45) is 0 Å². The average molecular weight is 328 g/mol. The predicted octanol–water partition coefficient (Wildman–Crippen LogP) is 5.67. The van der Waals surface area contributed by atoms with E-state index in [0.717, 1.165) is 13.1 Å². The molecule has 2 heteroatoms. The number of hydrogen-bond donors (Lipinski definition) is 1. The van der Waals surface area contributed by atoms with Crippen LogP contribution in [-0.2, 0) is 13.1 Å². The molecule has 0 saturated heterocycles. The number of nitrogens with zero attached hydrogens (tertiary/aromatic N) is 1. The Morgan fingerprint density at radius 3 is 2.36 bits per heavy atom. The molecule has 4 rings (SSSR count). The molecule has 1 aromatic heterocycles. The van der Waals surface area contributed by atoms with Crippen LogP contribution in [0.2, 0.25) is 0 Å². The molecule has 126 valence electrons. The molecule has 0 bridgehead atoms. The molecule has 1 atom stereocenters. The molecule has 1 N–H and O–H groups in total. The molecular weight excluding hydrogens is 304 g/mol. The molecule has 2 nitrogen and oxygen atoms in total. The molecule has 4 aromatic rings. The smallest absolute Gasteiger partial charge is 0.0491 e. The quantitative estimate of drug-likeness (QED) is 0.500. The summed E-state index contributed by atoms with van der Waals surface area (Å²) >= 11 is 0. The van der Waals surface area contributed by atoms with E-state index in [4.69, 9.17) is 0 Å². The van der Waals surface area contributed by atoms with Gasteiger partial charge in [0.05, 0.1) is 0 Å². The molecule has 0 saturated carbocycles. The summed E-state index contributed by atoms with van der Waals surface area (Å²) in [5.41, 5.74) is 5.30. The molecule has 0 amide bonds. The maximum absolute atomic E-state index is 3.64. The van der Waals surface area contributed by atoms with Gasteiger partial charge in [0.25, 0.3) is 0 Å². The number of para-hydroxylation sites is 1. The second-order valence-electron chi connectivity index (χ2n) is 6.63. The van der Waals surface area contributed by atoms with Crippen molar-refractivity contribution in [2.75, 3.05) is 0 Å². The molecule has 0 unspecified atom stereocenters. The lowest BCUT2D eigenvalue weighted by molar-refractivity contribution is 0.575. The summed E-state index contributed by atoms with van der Waals surface area (Å²) < 4.78 is 2.40. The van der Waals surface area contributed by atoms with Crippen LogP contribution in [0.15, 0.2) is 72.8 Å². The van der Waals surface area contributed by atoms with E-state index in [1.165, 1.54) is 32.9 Å². The molecule has 0 radical (unpaired) electrons. The van der Waals surface area contributed by atoms with Gasteiger partial charge in [0.2, 0.25) is 0 Å². The zero-order chi connectivity index (χ0) is 17.2. The molecule has 0 aliphatic rings. The highest BCUT2D eigenvalue weighted by Crippen LogP contribution is 2.29. The first kappa shape index (κ1) is 15.9. The lowest BCUT2D eigenvalue weighted by atomic mass is 10.1. The van der Waals surface area contributed by atoms with Gasteiger partial charge in [-0.1, -0.05) is 54.6 Å². The summed E-state index contributed by atoms with van der Waals surface area (Å²) in [6.07, 6.45) is 0. The molecule has 0 fully saturated rings. The van der Waals surface area contributed by atoms with Crippen molar-refractivity contribution in [1.82, 2.24) is 9.88 Å². The van der Waals surface area contributed by atoms with Crippen LogP contribution >= 0.6 is 0 Å². The third kappa shape index (κ3) is 2.94. The lowest BCUT2D eigenvalue weighted by Gasteiger charge is -2.14. The first-order valence-corrected chi connectivity index (χ1v) is 9.06. The standard InChI is InChI=1S/C23H24N2/c1-3-25-22-12-8-7-11-20(22)21-15-18(13-14-23(21)25)16-24-17(2)19-9-5-4-6-10-19/h4-15,17,24H,3,16H2,1-2H3/t17-/m0/s1. The van der Waals surface area contributed by atoms with Crippen molar-refractivity contribution in [3.63, 3.8) is 0 Å². The van der Waals surface area contributed by atoms with Gasteiger partial charge < -0.3 is 9.88 Å². The lowest BCUT2D eigenvalue weighted by Crippen LogP contribution is -2.17. The summed E-state index contributed by atoms with van der Waals surface area (Å²) in [6.45, 7) is 6.30. The minimum atomic E-state index is 0.342. The minimum Gasteiger partial charge on any atom is -0.341 e. The fourth-order valence-corrected chi connectivity index (χ4v) is 3.68. The van der Waals surface area contributed by atoms with Gasteiger partial charge in [-0.05, 0) is 43.2 Å². The van der Waals surface area contributed by atoms with Crippen LogP contribution in [0.3, 0.4) is 0 Å². The van der Waals surface area contributed by atoms with E-state index in [9.17, 15) is 0 Å². The predicted molar refractivity (Wildman–Crippen MR) is 107 cm³/mol. The Morgan fingerprint density at radius 2 is 1.56 bits per heavy atom. The van der Waals surface area contributed by atoms with E-state index in [1.807, 2.05) is 0 Å². The topological polar surface area (TPSA) is 17.0 Å². The zero-order valence-electron chi connectivity index (χ0n) is 14.9. The van der Waals surface area contributed by atoms with Crippen LogP contribution in [-0.4, -0.2) is 4.57 Å². The van der Waals surface area contributed by atoms with Crippen LogP contribution in [0.1, 0.15) is 31.0 Å². The van der Waals surface area contributed by atoms with Gasteiger partial charge in [0.15, 0.2) is 0 Å². The minimum absolute atomic E-state index is 0.342. The van der Waals surface area contributed by atoms with Gasteiger partial charge in [-0.2, -0.15) is 0 Å².